The highest BCUT2D eigenvalue weighted by atomic mass is 16.3. The third-order valence-electron chi connectivity index (χ3n) is 3.53. The Hall–Kier alpha value is -1.68. The van der Waals surface area contributed by atoms with Crippen LogP contribution in [0.5, 0.6) is 0 Å². The molecule has 0 saturated heterocycles. The van der Waals surface area contributed by atoms with Crippen LogP contribution in [0.2, 0.25) is 0 Å². The molecule has 0 fully saturated rings. The van der Waals surface area contributed by atoms with E-state index in [4.69, 9.17) is 0 Å². The first-order valence-corrected chi connectivity index (χ1v) is 7.09. The van der Waals surface area contributed by atoms with Gasteiger partial charge in [0, 0.05) is 13.0 Å². The van der Waals surface area contributed by atoms with Gasteiger partial charge < -0.3 is 9.67 Å². The van der Waals surface area contributed by atoms with E-state index in [1.54, 1.807) is 0 Å². The van der Waals surface area contributed by atoms with Gasteiger partial charge >= 0.3 is 0 Å². The molecule has 108 valence electrons. The quantitative estimate of drug-likeness (QED) is 0.911. The van der Waals surface area contributed by atoms with Gasteiger partial charge in [-0.3, -0.25) is 0 Å². The summed E-state index contributed by atoms with van der Waals surface area (Å²) in [5, 5.41) is 17.7. The van der Waals surface area contributed by atoms with Crippen molar-refractivity contribution in [3.8, 4) is 0 Å². The van der Waals surface area contributed by atoms with E-state index < -0.39 is 0 Å². The van der Waals surface area contributed by atoms with Crippen molar-refractivity contribution in [2.45, 2.75) is 47.3 Å². The maximum Gasteiger partial charge on any atom is 0.158 e. The van der Waals surface area contributed by atoms with Crippen LogP contribution in [0.25, 0.3) is 0 Å². The number of aliphatic hydroxyl groups is 1. The molecule has 0 radical (unpaired) electrons. The maximum absolute atomic E-state index is 9.37. The summed E-state index contributed by atoms with van der Waals surface area (Å²) < 4.78 is 2.04. The lowest BCUT2D eigenvalue weighted by molar-refractivity contribution is 0.261. The van der Waals surface area contributed by atoms with Crippen molar-refractivity contribution in [1.29, 1.82) is 0 Å². The monoisotopic (exact) mass is 273 g/mol. The number of nitrogens with zero attached hydrogens (tertiary/aromatic N) is 3. The first-order chi connectivity index (χ1) is 9.51. The van der Waals surface area contributed by atoms with Crippen LogP contribution in [0.4, 0.5) is 0 Å². The summed E-state index contributed by atoms with van der Waals surface area (Å²) in [4.78, 5) is 0. The van der Waals surface area contributed by atoms with Gasteiger partial charge in [0.15, 0.2) is 5.82 Å². The van der Waals surface area contributed by atoms with E-state index in [0.29, 0.717) is 11.7 Å². The van der Waals surface area contributed by atoms with Gasteiger partial charge in [-0.15, -0.1) is 10.2 Å². The number of benzene rings is 1. The number of hydrogen-bond donors (Lipinski definition) is 1. The largest absolute Gasteiger partial charge is 0.388 e. The zero-order valence-electron chi connectivity index (χ0n) is 12.7. The molecule has 0 aliphatic heterocycles. The van der Waals surface area contributed by atoms with Crippen LogP contribution in [0.3, 0.4) is 0 Å². The molecule has 1 N–H and O–H groups in total. The number of hydrogen-bond acceptors (Lipinski definition) is 3. The Bertz CT molecular complexity index is 587. The maximum atomic E-state index is 9.37. The van der Waals surface area contributed by atoms with E-state index in [1.807, 2.05) is 4.57 Å². The Kier molecular flexibility index (Phi) is 4.55. The van der Waals surface area contributed by atoms with Gasteiger partial charge in [-0.05, 0) is 36.5 Å². The predicted octanol–water partition coefficient (Wildman–Crippen LogP) is 2.63. The molecular formula is C16H23N3O. The van der Waals surface area contributed by atoms with Crippen LogP contribution < -0.4 is 0 Å². The van der Waals surface area contributed by atoms with E-state index in [0.717, 1.165) is 18.8 Å². The predicted molar refractivity (Wildman–Crippen MR) is 79.5 cm³/mol. The summed E-state index contributed by atoms with van der Waals surface area (Å²) in [6.07, 6.45) is 0.751. The van der Waals surface area contributed by atoms with Gasteiger partial charge in [-0.25, -0.2) is 0 Å². The fourth-order valence-electron chi connectivity index (χ4n) is 2.29. The van der Waals surface area contributed by atoms with Crippen LogP contribution >= 0.6 is 0 Å². The molecule has 0 aliphatic rings. The van der Waals surface area contributed by atoms with Gasteiger partial charge in [-0.2, -0.15) is 0 Å². The Balaban J connectivity index is 2.28. The minimum Gasteiger partial charge on any atom is -0.388 e. The van der Waals surface area contributed by atoms with Gasteiger partial charge in [0.05, 0.1) is 0 Å². The lowest BCUT2D eigenvalue weighted by Gasteiger charge is -2.12. The Morgan fingerprint density at radius 3 is 2.40 bits per heavy atom. The molecule has 2 aromatic rings. The molecule has 2 rings (SSSR count). The third kappa shape index (κ3) is 3.25. The average Bonchev–Trinajstić information content (AvgIpc) is 2.76. The molecule has 1 aromatic heterocycles. The van der Waals surface area contributed by atoms with Crippen LogP contribution in [0.1, 0.15) is 42.2 Å². The second-order valence-electron chi connectivity index (χ2n) is 5.79. The molecule has 0 amide bonds. The highest BCUT2D eigenvalue weighted by Crippen LogP contribution is 2.15. The molecule has 0 bridgehead atoms. The lowest BCUT2D eigenvalue weighted by atomic mass is 10.0. The van der Waals surface area contributed by atoms with Crippen molar-refractivity contribution in [1.82, 2.24) is 14.8 Å². The van der Waals surface area contributed by atoms with Gasteiger partial charge in [-0.1, -0.05) is 32.0 Å². The van der Waals surface area contributed by atoms with Crippen molar-refractivity contribution in [3.63, 3.8) is 0 Å². The normalized spacial score (nSPS) is 11.3. The Morgan fingerprint density at radius 1 is 1.10 bits per heavy atom. The molecule has 1 heterocycles. The second kappa shape index (κ2) is 6.18. The summed E-state index contributed by atoms with van der Waals surface area (Å²) in [6.45, 7) is 9.32. The lowest BCUT2D eigenvalue weighted by Crippen LogP contribution is -2.12. The van der Waals surface area contributed by atoms with Crippen LogP contribution in [-0.2, 0) is 19.6 Å². The standard InChI is InChI=1S/C16H23N3O/c1-11(2)9-19-15(17-18-16(19)10-20)8-14-6-5-12(3)13(4)7-14/h5-7,11,20H,8-10H2,1-4H3. The fourth-order valence-corrected chi connectivity index (χ4v) is 2.29. The number of aromatic nitrogens is 3. The summed E-state index contributed by atoms with van der Waals surface area (Å²) in [7, 11) is 0. The number of aliphatic hydroxyl groups excluding tert-OH is 1. The van der Waals surface area contributed by atoms with Gasteiger partial charge in [0.2, 0.25) is 0 Å². The Labute approximate surface area is 120 Å². The third-order valence-corrected chi connectivity index (χ3v) is 3.53. The average molecular weight is 273 g/mol. The van der Waals surface area contributed by atoms with Crippen LogP contribution in [0, 0.1) is 19.8 Å². The highest BCUT2D eigenvalue weighted by molar-refractivity contribution is 5.31. The van der Waals surface area contributed by atoms with E-state index in [2.05, 4.69) is 56.1 Å². The molecule has 0 aliphatic carbocycles. The highest BCUT2D eigenvalue weighted by Gasteiger charge is 2.13. The van der Waals surface area contributed by atoms with E-state index >= 15 is 0 Å². The SMILES string of the molecule is Cc1ccc(Cc2nnc(CO)n2CC(C)C)cc1C. The summed E-state index contributed by atoms with van der Waals surface area (Å²) in [6, 6.07) is 6.47. The molecule has 0 saturated carbocycles. The zero-order chi connectivity index (χ0) is 14.7. The van der Waals surface area contributed by atoms with Crippen molar-refractivity contribution in [2.75, 3.05) is 0 Å². The fraction of sp³-hybridized carbons (Fsp3) is 0.500. The molecule has 20 heavy (non-hydrogen) atoms. The topological polar surface area (TPSA) is 50.9 Å². The van der Waals surface area contributed by atoms with Crippen LogP contribution in [0.15, 0.2) is 18.2 Å². The molecule has 1 aromatic carbocycles. The van der Waals surface area contributed by atoms with Crippen molar-refractivity contribution >= 4 is 0 Å². The summed E-state index contributed by atoms with van der Waals surface area (Å²) >= 11 is 0. The Morgan fingerprint density at radius 2 is 1.80 bits per heavy atom. The summed E-state index contributed by atoms with van der Waals surface area (Å²) in [5.41, 5.74) is 3.82. The smallest absolute Gasteiger partial charge is 0.158 e. The number of rotatable bonds is 5. The summed E-state index contributed by atoms with van der Waals surface area (Å²) in [5.74, 6) is 2.07. The molecule has 0 unspecified atom stereocenters. The van der Waals surface area contributed by atoms with E-state index in [-0.39, 0.29) is 6.61 Å². The van der Waals surface area contributed by atoms with E-state index in [1.165, 1.54) is 16.7 Å². The van der Waals surface area contributed by atoms with Gasteiger partial charge in [0.25, 0.3) is 0 Å². The molecular weight excluding hydrogens is 250 g/mol. The van der Waals surface area contributed by atoms with Crippen molar-refractivity contribution in [3.05, 3.63) is 46.5 Å². The molecule has 0 atom stereocenters. The first kappa shape index (κ1) is 14.7. The minimum absolute atomic E-state index is 0.0629. The molecule has 4 nitrogen and oxygen atoms in total. The second-order valence-corrected chi connectivity index (χ2v) is 5.79. The number of aryl methyl sites for hydroxylation is 2. The van der Waals surface area contributed by atoms with Crippen molar-refractivity contribution in [2.24, 2.45) is 5.92 Å². The minimum atomic E-state index is -0.0629. The zero-order valence-corrected chi connectivity index (χ0v) is 12.7. The molecule has 4 heteroatoms. The van der Waals surface area contributed by atoms with E-state index in [9.17, 15) is 5.11 Å². The first-order valence-electron chi connectivity index (χ1n) is 7.09. The molecule has 0 spiro atoms. The van der Waals surface area contributed by atoms with Crippen molar-refractivity contribution < 1.29 is 5.11 Å². The van der Waals surface area contributed by atoms with Crippen LogP contribution in [-0.4, -0.2) is 19.9 Å². The van der Waals surface area contributed by atoms with Gasteiger partial charge in [0.1, 0.15) is 12.4 Å².